The molecule has 0 heterocycles. The molecule has 0 bridgehead atoms. The van der Waals surface area contributed by atoms with Gasteiger partial charge in [0.1, 0.15) is 0 Å². The summed E-state index contributed by atoms with van der Waals surface area (Å²) in [5.74, 6) is 0.918. The van der Waals surface area contributed by atoms with Crippen molar-refractivity contribution in [2.24, 2.45) is 0 Å². The second-order valence-corrected chi connectivity index (χ2v) is 7.69. The Kier molecular flexibility index (Phi) is 7.16. The summed E-state index contributed by atoms with van der Waals surface area (Å²) < 4.78 is 0. The quantitative estimate of drug-likeness (QED) is 0.577. The molecule has 2 aromatic rings. The number of hydrogen-bond donors (Lipinski definition) is 1. The van der Waals surface area contributed by atoms with E-state index >= 15 is 0 Å². The predicted octanol–water partition coefficient (Wildman–Crippen LogP) is 4.73. The standard InChI is InChI=1S/C17H18ClNOS2/c1-13(22-16-5-3-2-4-6-16)17(20)19-11-12-21-15-9-7-14(18)8-10-15/h2-10,13H,11-12H2,1H3,(H,19,20)/t13-/m1/s1. The number of nitrogens with one attached hydrogen (secondary N) is 1. The lowest BCUT2D eigenvalue weighted by atomic mass is 10.4. The molecule has 2 rings (SSSR count). The van der Waals surface area contributed by atoms with Crippen LogP contribution in [-0.2, 0) is 4.79 Å². The number of carbonyl (C=O) groups excluding carboxylic acids is 1. The third kappa shape index (κ3) is 5.95. The molecular weight excluding hydrogens is 334 g/mol. The predicted molar refractivity (Wildman–Crippen MR) is 96.9 cm³/mol. The maximum absolute atomic E-state index is 12.0. The van der Waals surface area contributed by atoms with Gasteiger partial charge in [-0.3, -0.25) is 4.79 Å². The van der Waals surface area contributed by atoms with E-state index in [4.69, 9.17) is 11.6 Å². The molecule has 116 valence electrons. The number of thioether (sulfide) groups is 2. The number of carbonyl (C=O) groups is 1. The molecule has 0 aliphatic rings. The SMILES string of the molecule is C[C@@H](Sc1ccccc1)C(=O)NCCSc1ccc(Cl)cc1. The van der Waals surface area contributed by atoms with Gasteiger partial charge in [0.25, 0.3) is 0 Å². The van der Waals surface area contributed by atoms with E-state index in [9.17, 15) is 4.79 Å². The molecule has 2 nitrogen and oxygen atoms in total. The van der Waals surface area contributed by atoms with Gasteiger partial charge in [0, 0.05) is 27.1 Å². The molecule has 2 aromatic carbocycles. The van der Waals surface area contributed by atoms with Crippen molar-refractivity contribution in [2.75, 3.05) is 12.3 Å². The molecule has 0 saturated carbocycles. The number of benzene rings is 2. The molecule has 5 heteroatoms. The number of hydrogen-bond acceptors (Lipinski definition) is 3. The first kappa shape index (κ1) is 17.3. The monoisotopic (exact) mass is 351 g/mol. The van der Waals surface area contributed by atoms with Crippen LogP contribution in [0.2, 0.25) is 5.02 Å². The van der Waals surface area contributed by atoms with Crippen LogP contribution < -0.4 is 5.32 Å². The van der Waals surface area contributed by atoms with E-state index in [2.05, 4.69) is 5.32 Å². The highest BCUT2D eigenvalue weighted by molar-refractivity contribution is 8.00. The lowest BCUT2D eigenvalue weighted by Crippen LogP contribution is -2.32. The van der Waals surface area contributed by atoms with Gasteiger partial charge in [0.15, 0.2) is 0 Å². The average Bonchev–Trinajstić information content (AvgIpc) is 2.54. The second kappa shape index (κ2) is 9.13. The molecule has 1 amide bonds. The van der Waals surface area contributed by atoms with Crippen LogP contribution in [0, 0.1) is 0 Å². The van der Waals surface area contributed by atoms with Gasteiger partial charge in [-0.15, -0.1) is 23.5 Å². The Morgan fingerprint density at radius 2 is 1.77 bits per heavy atom. The minimum Gasteiger partial charge on any atom is -0.354 e. The maximum Gasteiger partial charge on any atom is 0.233 e. The van der Waals surface area contributed by atoms with Crippen molar-refractivity contribution in [2.45, 2.75) is 22.0 Å². The maximum atomic E-state index is 12.0. The zero-order chi connectivity index (χ0) is 15.8. The second-order valence-electron chi connectivity index (χ2n) is 4.67. The summed E-state index contributed by atoms with van der Waals surface area (Å²) in [6.07, 6.45) is 0. The van der Waals surface area contributed by atoms with Crippen LogP contribution in [0.4, 0.5) is 0 Å². The summed E-state index contributed by atoms with van der Waals surface area (Å²) in [5, 5.41) is 3.62. The third-order valence-corrected chi connectivity index (χ3v) is 5.29. The van der Waals surface area contributed by atoms with Crippen molar-refractivity contribution in [3.63, 3.8) is 0 Å². The zero-order valence-electron chi connectivity index (χ0n) is 12.3. The summed E-state index contributed by atoms with van der Waals surface area (Å²) in [5.41, 5.74) is 0. The Balaban J connectivity index is 1.67. The van der Waals surface area contributed by atoms with Crippen LogP contribution in [0.3, 0.4) is 0 Å². The van der Waals surface area contributed by atoms with Gasteiger partial charge in [0.2, 0.25) is 5.91 Å². The Morgan fingerprint density at radius 1 is 1.09 bits per heavy atom. The Hall–Kier alpha value is -1.10. The molecule has 0 aliphatic carbocycles. The summed E-state index contributed by atoms with van der Waals surface area (Å²) in [6.45, 7) is 2.59. The number of amides is 1. The number of rotatable bonds is 7. The van der Waals surface area contributed by atoms with Gasteiger partial charge in [-0.25, -0.2) is 0 Å². The van der Waals surface area contributed by atoms with Crippen LogP contribution in [0.1, 0.15) is 6.92 Å². The first-order chi connectivity index (χ1) is 10.6. The molecule has 0 spiro atoms. The van der Waals surface area contributed by atoms with Crippen molar-refractivity contribution < 1.29 is 4.79 Å². The fraction of sp³-hybridized carbons (Fsp3) is 0.235. The Bertz CT molecular complexity index is 589. The molecule has 0 fully saturated rings. The van der Waals surface area contributed by atoms with Crippen LogP contribution in [0.25, 0.3) is 0 Å². The van der Waals surface area contributed by atoms with Crippen molar-refractivity contribution in [1.82, 2.24) is 5.32 Å². The lowest BCUT2D eigenvalue weighted by Gasteiger charge is -2.11. The normalized spacial score (nSPS) is 11.9. The lowest BCUT2D eigenvalue weighted by molar-refractivity contribution is -0.120. The van der Waals surface area contributed by atoms with E-state index in [1.165, 1.54) is 0 Å². The number of halogens is 1. The van der Waals surface area contributed by atoms with Crippen molar-refractivity contribution in [1.29, 1.82) is 0 Å². The first-order valence-electron chi connectivity index (χ1n) is 7.03. The van der Waals surface area contributed by atoms with Crippen molar-refractivity contribution in [3.8, 4) is 0 Å². The smallest absolute Gasteiger partial charge is 0.233 e. The van der Waals surface area contributed by atoms with Crippen molar-refractivity contribution >= 4 is 41.0 Å². The summed E-state index contributed by atoms with van der Waals surface area (Å²) in [6, 6.07) is 17.7. The highest BCUT2D eigenvalue weighted by atomic mass is 35.5. The fourth-order valence-corrected chi connectivity index (χ4v) is 3.58. The van der Waals surface area contributed by atoms with Crippen LogP contribution in [0.5, 0.6) is 0 Å². The highest BCUT2D eigenvalue weighted by Gasteiger charge is 2.13. The molecule has 0 saturated heterocycles. The minimum atomic E-state index is -0.0945. The molecule has 1 atom stereocenters. The van der Waals surface area contributed by atoms with Gasteiger partial charge in [-0.2, -0.15) is 0 Å². The molecule has 0 radical (unpaired) electrons. The zero-order valence-corrected chi connectivity index (χ0v) is 14.7. The van der Waals surface area contributed by atoms with E-state index in [1.54, 1.807) is 23.5 Å². The van der Waals surface area contributed by atoms with Gasteiger partial charge in [-0.05, 0) is 43.3 Å². The van der Waals surface area contributed by atoms with E-state index in [-0.39, 0.29) is 11.2 Å². The van der Waals surface area contributed by atoms with Crippen LogP contribution in [-0.4, -0.2) is 23.5 Å². The highest BCUT2D eigenvalue weighted by Crippen LogP contribution is 2.23. The molecule has 0 unspecified atom stereocenters. The van der Waals surface area contributed by atoms with Gasteiger partial charge >= 0.3 is 0 Å². The van der Waals surface area contributed by atoms with Crippen LogP contribution in [0.15, 0.2) is 64.4 Å². The molecule has 22 heavy (non-hydrogen) atoms. The van der Waals surface area contributed by atoms with E-state index < -0.39 is 0 Å². The summed E-state index contributed by atoms with van der Waals surface area (Å²) >= 11 is 9.13. The third-order valence-electron chi connectivity index (χ3n) is 2.91. The summed E-state index contributed by atoms with van der Waals surface area (Å²) in [7, 11) is 0. The minimum absolute atomic E-state index is 0.0746. The van der Waals surface area contributed by atoms with Gasteiger partial charge in [0.05, 0.1) is 5.25 Å². The topological polar surface area (TPSA) is 29.1 Å². The van der Waals surface area contributed by atoms with Gasteiger partial charge in [-0.1, -0.05) is 29.8 Å². The molecule has 0 aliphatic heterocycles. The Morgan fingerprint density at radius 3 is 2.45 bits per heavy atom. The molecular formula is C17H18ClNOS2. The van der Waals surface area contributed by atoms with Gasteiger partial charge < -0.3 is 5.32 Å². The Labute approximate surface area is 145 Å². The average molecular weight is 352 g/mol. The fourth-order valence-electron chi connectivity index (χ4n) is 1.77. The largest absolute Gasteiger partial charge is 0.354 e. The summed E-state index contributed by atoms with van der Waals surface area (Å²) in [4.78, 5) is 14.3. The molecule has 1 N–H and O–H groups in total. The molecule has 0 aromatic heterocycles. The van der Waals surface area contributed by atoms with E-state index in [0.29, 0.717) is 6.54 Å². The van der Waals surface area contributed by atoms with E-state index in [1.807, 2.05) is 61.5 Å². The first-order valence-corrected chi connectivity index (χ1v) is 9.27. The van der Waals surface area contributed by atoms with Crippen molar-refractivity contribution in [3.05, 3.63) is 59.6 Å². The van der Waals surface area contributed by atoms with Crippen LogP contribution >= 0.6 is 35.1 Å². The van der Waals surface area contributed by atoms with E-state index in [0.717, 1.165) is 20.6 Å².